The molecular formula is C16H23N3O3. The lowest BCUT2D eigenvalue weighted by molar-refractivity contribution is -0.135. The Kier molecular flexibility index (Phi) is 5.38. The van der Waals surface area contributed by atoms with Crippen molar-refractivity contribution in [2.24, 2.45) is 11.5 Å². The molecule has 0 bridgehead atoms. The van der Waals surface area contributed by atoms with Crippen LogP contribution in [-0.2, 0) is 4.79 Å². The first-order valence-corrected chi connectivity index (χ1v) is 7.55. The number of hydrogen-bond donors (Lipinski definition) is 2. The average molecular weight is 305 g/mol. The van der Waals surface area contributed by atoms with E-state index in [1.807, 2.05) is 11.8 Å². The Morgan fingerprint density at radius 2 is 2.18 bits per heavy atom. The molecule has 1 aromatic rings. The maximum absolute atomic E-state index is 12.2. The predicted molar refractivity (Wildman–Crippen MR) is 83.5 cm³/mol. The normalized spacial score (nSPS) is 21.5. The van der Waals surface area contributed by atoms with Crippen LogP contribution in [0.2, 0.25) is 0 Å². The van der Waals surface area contributed by atoms with E-state index < -0.39 is 5.91 Å². The van der Waals surface area contributed by atoms with Gasteiger partial charge in [0.15, 0.2) is 0 Å². The van der Waals surface area contributed by atoms with Gasteiger partial charge >= 0.3 is 0 Å². The van der Waals surface area contributed by atoms with Crippen LogP contribution in [0.4, 0.5) is 0 Å². The molecule has 2 rings (SSSR count). The summed E-state index contributed by atoms with van der Waals surface area (Å²) in [5.41, 5.74) is 11.5. The summed E-state index contributed by atoms with van der Waals surface area (Å²) in [6, 6.07) is 7.00. The molecule has 22 heavy (non-hydrogen) atoms. The summed E-state index contributed by atoms with van der Waals surface area (Å²) < 4.78 is 5.53. The van der Waals surface area contributed by atoms with Crippen molar-refractivity contribution in [1.29, 1.82) is 0 Å². The van der Waals surface area contributed by atoms with E-state index in [2.05, 4.69) is 0 Å². The number of piperidine rings is 1. The van der Waals surface area contributed by atoms with Crippen LogP contribution in [0, 0.1) is 0 Å². The number of carbonyl (C=O) groups excluding carboxylic acids is 2. The second kappa shape index (κ2) is 7.26. The lowest BCUT2D eigenvalue weighted by Gasteiger charge is -2.36. The first-order chi connectivity index (χ1) is 10.5. The highest BCUT2D eigenvalue weighted by Crippen LogP contribution is 2.17. The highest BCUT2D eigenvalue weighted by Gasteiger charge is 2.26. The number of hydrogen-bond acceptors (Lipinski definition) is 4. The number of rotatable bonds is 5. The highest BCUT2D eigenvalue weighted by molar-refractivity contribution is 5.93. The van der Waals surface area contributed by atoms with Crippen LogP contribution in [0.15, 0.2) is 24.3 Å². The summed E-state index contributed by atoms with van der Waals surface area (Å²) >= 11 is 0. The molecule has 2 atom stereocenters. The Bertz CT molecular complexity index is 547. The Morgan fingerprint density at radius 3 is 2.86 bits per heavy atom. The number of likely N-dealkylation sites (tertiary alicyclic amines) is 1. The second-order valence-electron chi connectivity index (χ2n) is 5.71. The summed E-state index contributed by atoms with van der Waals surface area (Å²) in [6.45, 7) is 3.00. The molecule has 1 saturated heterocycles. The SMILES string of the molecule is C[C@H]1C[C@H](N)CCN1C(=O)CCOc1cccc(C(N)=O)c1. The molecule has 0 aliphatic carbocycles. The van der Waals surface area contributed by atoms with Crippen LogP contribution in [-0.4, -0.2) is 41.9 Å². The van der Waals surface area contributed by atoms with Gasteiger partial charge in [-0.05, 0) is 38.0 Å². The van der Waals surface area contributed by atoms with E-state index in [0.29, 0.717) is 24.3 Å². The van der Waals surface area contributed by atoms with Gasteiger partial charge < -0.3 is 21.1 Å². The fraction of sp³-hybridized carbons (Fsp3) is 0.500. The molecule has 1 fully saturated rings. The monoisotopic (exact) mass is 305 g/mol. The van der Waals surface area contributed by atoms with Gasteiger partial charge in [0.25, 0.3) is 0 Å². The molecule has 1 aromatic carbocycles. The largest absolute Gasteiger partial charge is 0.493 e. The average Bonchev–Trinajstić information content (AvgIpc) is 2.47. The predicted octanol–water partition coefficient (Wildman–Crippen LogP) is 0.893. The lowest BCUT2D eigenvalue weighted by atomic mass is 9.99. The maximum Gasteiger partial charge on any atom is 0.248 e. The van der Waals surface area contributed by atoms with Gasteiger partial charge in [-0.2, -0.15) is 0 Å². The van der Waals surface area contributed by atoms with Crippen LogP contribution in [0.3, 0.4) is 0 Å². The Labute approximate surface area is 130 Å². The molecule has 1 aliphatic heterocycles. The third kappa shape index (κ3) is 4.21. The summed E-state index contributed by atoms with van der Waals surface area (Å²) in [5, 5.41) is 0. The number of carbonyl (C=O) groups is 2. The van der Waals surface area contributed by atoms with E-state index in [0.717, 1.165) is 12.8 Å². The van der Waals surface area contributed by atoms with E-state index in [4.69, 9.17) is 16.2 Å². The Balaban J connectivity index is 1.82. The molecule has 1 heterocycles. The smallest absolute Gasteiger partial charge is 0.248 e. The third-order valence-corrected chi connectivity index (χ3v) is 3.94. The van der Waals surface area contributed by atoms with Crippen molar-refractivity contribution in [3.63, 3.8) is 0 Å². The van der Waals surface area contributed by atoms with Gasteiger partial charge in [-0.15, -0.1) is 0 Å². The van der Waals surface area contributed by atoms with Crippen molar-refractivity contribution in [2.75, 3.05) is 13.2 Å². The van der Waals surface area contributed by atoms with Gasteiger partial charge in [0.2, 0.25) is 11.8 Å². The molecule has 6 heteroatoms. The van der Waals surface area contributed by atoms with Crippen LogP contribution >= 0.6 is 0 Å². The summed E-state index contributed by atoms with van der Waals surface area (Å²) in [4.78, 5) is 25.2. The first-order valence-electron chi connectivity index (χ1n) is 7.55. The minimum Gasteiger partial charge on any atom is -0.493 e. The van der Waals surface area contributed by atoms with Gasteiger partial charge in [0.05, 0.1) is 13.0 Å². The minimum atomic E-state index is -0.500. The van der Waals surface area contributed by atoms with Crippen molar-refractivity contribution in [3.05, 3.63) is 29.8 Å². The topological polar surface area (TPSA) is 98.7 Å². The molecule has 0 radical (unpaired) electrons. The quantitative estimate of drug-likeness (QED) is 0.844. The third-order valence-electron chi connectivity index (χ3n) is 3.94. The standard InChI is InChI=1S/C16H23N3O3/c1-11-9-13(17)5-7-19(11)15(20)6-8-22-14-4-2-3-12(10-14)16(18)21/h2-4,10-11,13H,5-9,17H2,1H3,(H2,18,21)/t11-,13+/m0/s1. The van der Waals surface area contributed by atoms with Crippen molar-refractivity contribution in [2.45, 2.75) is 38.3 Å². The summed E-state index contributed by atoms with van der Waals surface area (Å²) in [5.74, 6) is 0.114. The number of primary amides is 1. The Hall–Kier alpha value is -2.08. The van der Waals surface area contributed by atoms with Crippen molar-refractivity contribution >= 4 is 11.8 Å². The fourth-order valence-corrected chi connectivity index (χ4v) is 2.72. The molecule has 0 saturated carbocycles. The molecule has 120 valence electrons. The van der Waals surface area contributed by atoms with Crippen molar-refractivity contribution in [3.8, 4) is 5.75 Å². The number of benzene rings is 1. The second-order valence-corrected chi connectivity index (χ2v) is 5.71. The number of amides is 2. The van der Waals surface area contributed by atoms with Crippen molar-refractivity contribution in [1.82, 2.24) is 4.90 Å². The van der Waals surface area contributed by atoms with Crippen LogP contribution in [0.5, 0.6) is 5.75 Å². The van der Waals surface area contributed by atoms with Gasteiger partial charge in [-0.25, -0.2) is 0 Å². The highest BCUT2D eigenvalue weighted by atomic mass is 16.5. The van der Waals surface area contributed by atoms with Gasteiger partial charge in [0.1, 0.15) is 5.75 Å². The number of nitrogens with two attached hydrogens (primary N) is 2. The molecular weight excluding hydrogens is 282 g/mol. The van der Waals surface area contributed by atoms with Crippen LogP contribution < -0.4 is 16.2 Å². The van der Waals surface area contributed by atoms with E-state index in [9.17, 15) is 9.59 Å². The van der Waals surface area contributed by atoms with E-state index in [1.54, 1.807) is 24.3 Å². The summed E-state index contributed by atoms with van der Waals surface area (Å²) in [6.07, 6.45) is 1.99. The molecule has 1 aliphatic rings. The zero-order valence-electron chi connectivity index (χ0n) is 12.8. The Morgan fingerprint density at radius 1 is 1.41 bits per heavy atom. The molecule has 2 amide bonds. The first kappa shape index (κ1) is 16.3. The van der Waals surface area contributed by atoms with Gasteiger partial charge in [-0.1, -0.05) is 6.07 Å². The van der Waals surface area contributed by atoms with Gasteiger partial charge in [-0.3, -0.25) is 9.59 Å². The molecule has 6 nitrogen and oxygen atoms in total. The van der Waals surface area contributed by atoms with Crippen LogP contribution in [0.1, 0.15) is 36.5 Å². The maximum atomic E-state index is 12.2. The fourth-order valence-electron chi connectivity index (χ4n) is 2.72. The van der Waals surface area contributed by atoms with E-state index >= 15 is 0 Å². The zero-order valence-corrected chi connectivity index (χ0v) is 12.8. The summed E-state index contributed by atoms with van der Waals surface area (Å²) in [7, 11) is 0. The lowest BCUT2D eigenvalue weighted by Crippen LogP contribution is -2.48. The minimum absolute atomic E-state index is 0.0745. The molecule has 4 N–H and O–H groups in total. The van der Waals surface area contributed by atoms with Gasteiger partial charge in [0, 0.05) is 24.2 Å². The number of nitrogens with zero attached hydrogens (tertiary/aromatic N) is 1. The van der Waals surface area contributed by atoms with E-state index in [-0.39, 0.29) is 24.6 Å². The van der Waals surface area contributed by atoms with Crippen LogP contribution in [0.25, 0.3) is 0 Å². The zero-order chi connectivity index (χ0) is 16.1. The molecule has 0 spiro atoms. The molecule has 0 aromatic heterocycles. The molecule has 0 unspecified atom stereocenters. The van der Waals surface area contributed by atoms with E-state index in [1.165, 1.54) is 0 Å². The van der Waals surface area contributed by atoms with Crippen molar-refractivity contribution < 1.29 is 14.3 Å². The number of ether oxygens (including phenoxy) is 1.